The van der Waals surface area contributed by atoms with Gasteiger partial charge in [-0.05, 0) is 42.0 Å². The van der Waals surface area contributed by atoms with E-state index in [2.05, 4.69) is 6.92 Å². The molecule has 0 bridgehead atoms. The molecule has 1 N–H and O–H groups in total. The number of hydrogen-bond donors (Lipinski definition) is 1. The maximum absolute atomic E-state index is 11.9. The van der Waals surface area contributed by atoms with E-state index in [1.54, 1.807) is 7.11 Å². The molecule has 0 saturated heterocycles. The summed E-state index contributed by atoms with van der Waals surface area (Å²) in [4.78, 5) is 11.9. The predicted molar refractivity (Wildman–Crippen MR) is 98.7 cm³/mol. The van der Waals surface area contributed by atoms with Crippen molar-refractivity contribution in [3.05, 3.63) is 59.2 Å². The summed E-state index contributed by atoms with van der Waals surface area (Å²) in [5.41, 5.74) is 2.84. The van der Waals surface area contributed by atoms with E-state index in [1.807, 2.05) is 49.4 Å². The van der Waals surface area contributed by atoms with E-state index in [1.165, 1.54) is 5.56 Å². The molecular weight excluding hydrogens is 316 g/mol. The maximum atomic E-state index is 11.9. The van der Waals surface area contributed by atoms with E-state index in [0.717, 1.165) is 24.0 Å². The molecule has 134 valence electrons. The van der Waals surface area contributed by atoms with Crippen LogP contribution in [0.4, 0.5) is 0 Å². The van der Waals surface area contributed by atoms with Gasteiger partial charge in [0.15, 0.2) is 11.5 Å². The molecule has 1 atom stereocenters. The van der Waals surface area contributed by atoms with Crippen molar-refractivity contribution in [3.8, 4) is 11.5 Å². The third-order valence-electron chi connectivity index (χ3n) is 4.24. The highest BCUT2D eigenvalue weighted by molar-refractivity contribution is 5.77. The molecule has 0 heterocycles. The van der Waals surface area contributed by atoms with Crippen LogP contribution in [0.2, 0.25) is 0 Å². The minimum absolute atomic E-state index is 0.358. The van der Waals surface area contributed by atoms with Gasteiger partial charge in [-0.25, -0.2) is 0 Å². The molecule has 0 aliphatic carbocycles. The lowest BCUT2D eigenvalue weighted by Crippen LogP contribution is -2.15. The molecule has 1 unspecified atom stereocenters. The molecule has 0 spiro atoms. The average Bonchev–Trinajstić information content (AvgIpc) is 2.64. The summed E-state index contributed by atoms with van der Waals surface area (Å²) in [6.07, 6.45) is 2.16. The monoisotopic (exact) mass is 342 g/mol. The Morgan fingerprint density at radius 2 is 1.84 bits per heavy atom. The van der Waals surface area contributed by atoms with Crippen LogP contribution < -0.4 is 9.47 Å². The van der Waals surface area contributed by atoms with E-state index < -0.39 is 11.9 Å². The molecule has 25 heavy (non-hydrogen) atoms. The fourth-order valence-electron chi connectivity index (χ4n) is 2.80. The molecule has 2 aromatic carbocycles. The molecular formula is C21H26O4. The Kier molecular flexibility index (Phi) is 6.87. The zero-order valence-electron chi connectivity index (χ0n) is 15.1. The quantitative estimate of drug-likeness (QED) is 0.731. The first-order valence-corrected chi connectivity index (χ1v) is 8.71. The van der Waals surface area contributed by atoms with Crippen LogP contribution in [0.25, 0.3) is 0 Å². The summed E-state index contributed by atoms with van der Waals surface area (Å²) in [6, 6.07) is 13.4. The number of carboxylic acid groups (broad SMARTS) is 1. The molecule has 4 heteroatoms. The van der Waals surface area contributed by atoms with Gasteiger partial charge in [0, 0.05) is 0 Å². The number of hydrogen-bond acceptors (Lipinski definition) is 3. The van der Waals surface area contributed by atoms with Crippen molar-refractivity contribution in [2.45, 2.75) is 39.0 Å². The van der Waals surface area contributed by atoms with Crippen molar-refractivity contribution in [3.63, 3.8) is 0 Å². The van der Waals surface area contributed by atoms with Crippen molar-refractivity contribution >= 4 is 5.97 Å². The van der Waals surface area contributed by atoms with E-state index in [9.17, 15) is 9.90 Å². The van der Waals surface area contributed by atoms with Gasteiger partial charge in [0.2, 0.25) is 0 Å². The molecule has 0 aromatic heterocycles. The van der Waals surface area contributed by atoms with E-state index >= 15 is 0 Å². The van der Waals surface area contributed by atoms with Crippen molar-refractivity contribution in [1.29, 1.82) is 0 Å². The third-order valence-corrected chi connectivity index (χ3v) is 4.24. The van der Waals surface area contributed by atoms with Gasteiger partial charge in [0.1, 0.15) is 0 Å². The number of para-hydroxylation sites is 1. The first kappa shape index (κ1) is 18.8. The van der Waals surface area contributed by atoms with Crippen LogP contribution in [-0.4, -0.2) is 24.8 Å². The zero-order valence-corrected chi connectivity index (χ0v) is 15.1. The van der Waals surface area contributed by atoms with Crippen molar-refractivity contribution in [2.75, 3.05) is 13.7 Å². The summed E-state index contributed by atoms with van der Waals surface area (Å²) >= 11 is 0. The highest BCUT2D eigenvalue weighted by Crippen LogP contribution is 2.34. The minimum Gasteiger partial charge on any atom is -0.493 e. The standard InChI is InChI=1S/C21H26O4/c1-4-13-25-20-17(7-6-8-19(20)24-3)14-18(21(22)23)16-11-9-15(5-2)10-12-16/h6-12,18H,4-5,13-14H2,1-3H3,(H,22,23). The molecule has 0 aliphatic rings. The Morgan fingerprint density at radius 3 is 2.40 bits per heavy atom. The van der Waals surface area contributed by atoms with Gasteiger partial charge in [-0.1, -0.05) is 50.2 Å². The largest absolute Gasteiger partial charge is 0.493 e. The number of aryl methyl sites for hydroxylation is 1. The first-order valence-electron chi connectivity index (χ1n) is 8.71. The SMILES string of the molecule is CCCOc1c(CC(C(=O)O)c2ccc(CC)cc2)cccc1OC. The molecule has 0 amide bonds. The lowest BCUT2D eigenvalue weighted by atomic mass is 9.90. The Balaban J connectivity index is 2.34. The molecule has 0 aliphatic heterocycles. The summed E-state index contributed by atoms with van der Waals surface area (Å²) < 4.78 is 11.2. The second-order valence-electron chi connectivity index (χ2n) is 5.99. The van der Waals surface area contributed by atoms with Crippen LogP contribution >= 0.6 is 0 Å². The maximum Gasteiger partial charge on any atom is 0.311 e. The van der Waals surface area contributed by atoms with Crippen LogP contribution in [0.1, 0.15) is 42.9 Å². The summed E-state index contributed by atoms with van der Waals surface area (Å²) in [5, 5.41) is 9.74. The second-order valence-corrected chi connectivity index (χ2v) is 5.99. The summed E-state index contributed by atoms with van der Waals surface area (Å²) in [6.45, 7) is 4.68. The number of rotatable bonds is 9. The third kappa shape index (κ3) is 4.75. The summed E-state index contributed by atoms with van der Waals surface area (Å²) in [5.74, 6) is -0.185. The van der Waals surface area contributed by atoms with E-state index in [0.29, 0.717) is 24.5 Å². The van der Waals surface area contributed by atoms with Crippen LogP contribution in [0.5, 0.6) is 11.5 Å². The smallest absolute Gasteiger partial charge is 0.311 e. The Labute approximate surface area is 149 Å². The molecule has 0 radical (unpaired) electrons. The number of aliphatic carboxylic acids is 1. The predicted octanol–water partition coefficient (Wildman–Crippen LogP) is 4.46. The van der Waals surface area contributed by atoms with Gasteiger partial charge in [-0.3, -0.25) is 4.79 Å². The Hall–Kier alpha value is -2.49. The Bertz CT molecular complexity index is 692. The highest BCUT2D eigenvalue weighted by Gasteiger charge is 2.23. The molecule has 0 fully saturated rings. The fourth-order valence-corrected chi connectivity index (χ4v) is 2.80. The van der Waals surface area contributed by atoms with Crippen molar-refractivity contribution < 1.29 is 19.4 Å². The normalized spacial score (nSPS) is 11.8. The van der Waals surface area contributed by atoms with E-state index in [4.69, 9.17) is 9.47 Å². The molecule has 2 rings (SSSR count). The Morgan fingerprint density at radius 1 is 1.12 bits per heavy atom. The lowest BCUT2D eigenvalue weighted by molar-refractivity contribution is -0.138. The van der Waals surface area contributed by atoms with Crippen LogP contribution in [0.15, 0.2) is 42.5 Å². The molecule has 4 nitrogen and oxygen atoms in total. The topological polar surface area (TPSA) is 55.8 Å². The lowest BCUT2D eigenvalue weighted by Gasteiger charge is -2.18. The number of methoxy groups -OCH3 is 1. The number of carboxylic acids is 1. The van der Waals surface area contributed by atoms with Gasteiger partial charge < -0.3 is 14.6 Å². The summed E-state index contributed by atoms with van der Waals surface area (Å²) in [7, 11) is 1.59. The highest BCUT2D eigenvalue weighted by atomic mass is 16.5. The zero-order chi connectivity index (χ0) is 18.2. The van der Waals surface area contributed by atoms with Gasteiger partial charge in [-0.15, -0.1) is 0 Å². The molecule has 0 saturated carbocycles. The molecule has 2 aromatic rings. The number of benzene rings is 2. The van der Waals surface area contributed by atoms with Crippen LogP contribution in [0.3, 0.4) is 0 Å². The number of carbonyl (C=O) groups is 1. The minimum atomic E-state index is -0.839. The van der Waals surface area contributed by atoms with Crippen molar-refractivity contribution in [2.24, 2.45) is 0 Å². The fraction of sp³-hybridized carbons (Fsp3) is 0.381. The second kappa shape index (κ2) is 9.11. The van der Waals surface area contributed by atoms with Gasteiger partial charge in [-0.2, -0.15) is 0 Å². The van der Waals surface area contributed by atoms with Crippen LogP contribution in [-0.2, 0) is 17.6 Å². The van der Waals surface area contributed by atoms with Crippen LogP contribution in [0, 0.1) is 0 Å². The number of ether oxygens (including phenoxy) is 2. The first-order chi connectivity index (χ1) is 12.1. The van der Waals surface area contributed by atoms with E-state index in [-0.39, 0.29) is 0 Å². The average molecular weight is 342 g/mol. The van der Waals surface area contributed by atoms with Gasteiger partial charge in [0.25, 0.3) is 0 Å². The van der Waals surface area contributed by atoms with Crippen molar-refractivity contribution in [1.82, 2.24) is 0 Å². The van der Waals surface area contributed by atoms with Gasteiger partial charge >= 0.3 is 5.97 Å². The van der Waals surface area contributed by atoms with Gasteiger partial charge in [0.05, 0.1) is 19.6 Å².